The third-order valence-corrected chi connectivity index (χ3v) is 3.06. The van der Waals surface area contributed by atoms with Gasteiger partial charge in [0.2, 0.25) is 0 Å². The van der Waals surface area contributed by atoms with Crippen molar-refractivity contribution in [3.05, 3.63) is 78.5 Å². The van der Waals surface area contributed by atoms with Crippen molar-refractivity contribution in [2.45, 2.75) is 0 Å². The SMILES string of the molecule is Oc1ccccc1N=Cc1cccc(-c2ccccc2)n1. The summed E-state index contributed by atoms with van der Waals surface area (Å²) >= 11 is 0. The predicted octanol–water partition coefficient (Wildman–Crippen LogP) is 4.20. The Morgan fingerprint density at radius 2 is 1.57 bits per heavy atom. The number of hydrogen-bond donors (Lipinski definition) is 1. The van der Waals surface area contributed by atoms with Crippen molar-refractivity contribution in [2.24, 2.45) is 4.99 Å². The predicted molar refractivity (Wildman–Crippen MR) is 85.0 cm³/mol. The lowest BCUT2D eigenvalue weighted by molar-refractivity contribution is 0.477. The van der Waals surface area contributed by atoms with Crippen molar-refractivity contribution < 1.29 is 5.11 Å². The number of aromatic hydroxyl groups is 1. The number of phenolic OH excluding ortho intramolecular Hbond substituents is 1. The zero-order chi connectivity index (χ0) is 14.5. The molecule has 102 valence electrons. The number of para-hydroxylation sites is 2. The van der Waals surface area contributed by atoms with E-state index < -0.39 is 0 Å². The van der Waals surface area contributed by atoms with Crippen molar-refractivity contribution in [3.63, 3.8) is 0 Å². The number of hydrogen-bond acceptors (Lipinski definition) is 3. The van der Waals surface area contributed by atoms with E-state index in [1.807, 2.05) is 54.6 Å². The van der Waals surface area contributed by atoms with Gasteiger partial charge in [-0.1, -0.05) is 48.5 Å². The molecule has 2 aromatic carbocycles. The second-order valence-electron chi connectivity index (χ2n) is 4.56. The smallest absolute Gasteiger partial charge is 0.141 e. The molecule has 1 aromatic heterocycles. The summed E-state index contributed by atoms with van der Waals surface area (Å²) in [5.74, 6) is 0.160. The molecule has 3 rings (SSSR count). The Hall–Kier alpha value is -2.94. The molecule has 1 heterocycles. The van der Waals surface area contributed by atoms with E-state index in [-0.39, 0.29) is 5.75 Å². The Balaban J connectivity index is 1.89. The number of pyridine rings is 1. The van der Waals surface area contributed by atoms with Crippen LogP contribution in [0.3, 0.4) is 0 Å². The Morgan fingerprint density at radius 1 is 0.810 bits per heavy atom. The Morgan fingerprint density at radius 3 is 2.38 bits per heavy atom. The zero-order valence-electron chi connectivity index (χ0n) is 11.3. The molecule has 0 saturated heterocycles. The molecule has 0 amide bonds. The average Bonchev–Trinajstić information content (AvgIpc) is 2.55. The lowest BCUT2D eigenvalue weighted by atomic mass is 10.1. The van der Waals surface area contributed by atoms with Crippen LogP contribution in [0.15, 0.2) is 77.8 Å². The lowest BCUT2D eigenvalue weighted by Crippen LogP contribution is -1.90. The summed E-state index contributed by atoms with van der Waals surface area (Å²) in [6.07, 6.45) is 1.65. The topological polar surface area (TPSA) is 45.5 Å². The van der Waals surface area contributed by atoms with E-state index in [4.69, 9.17) is 0 Å². The van der Waals surface area contributed by atoms with Crippen LogP contribution in [-0.4, -0.2) is 16.3 Å². The number of phenols is 1. The maximum Gasteiger partial charge on any atom is 0.141 e. The molecule has 21 heavy (non-hydrogen) atoms. The third kappa shape index (κ3) is 3.15. The van der Waals surface area contributed by atoms with E-state index in [2.05, 4.69) is 9.98 Å². The Bertz CT molecular complexity index is 767. The van der Waals surface area contributed by atoms with Crippen LogP contribution in [-0.2, 0) is 0 Å². The number of nitrogens with zero attached hydrogens (tertiary/aromatic N) is 2. The van der Waals surface area contributed by atoms with Crippen LogP contribution in [0.5, 0.6) is 5.75 Å². The van der Waals surface area contributed by atoms with Gasteiger partial charge in [-0.2, -0.15) is 0 Å². The molecule has 0 aliphatic rings. The van der Waals surface area contributed by atoms with Gasteiger partial charge in [-0.05, 0) is 24.3 Å². The van der Waals surface area contributed by atoms with Gasteiger partial charge in [-0.25, -0.2) is 4.98 Å². The summed E-state index contributed by atoms with van der Waals surface area (Å²) in [6, 6.07) is 22.8. The third-order valence-electron chi connectivity index (χ3n) is 3.06. The van der Waals surface area contributed by atoms with Gasteiger partial charge >= 0.3 is 0 Å². The van der Waals surface area contributed by atoms with Crippen molar-refractivity contribution in [3.8, 4) is 17.0 Å². The van der Waals surface area contributed by atoms with Crippen LogP contribution < -0.4 is 0 Å². The number of aliphatic imine (C=N–C) groups is 1. The maximum absolute atomic E-state index is 9.69. The Kier molecular flexibility index (Phi) is 3.74. The van der Waals surface area contributed by atoms with Gasteiger partial charge in [0.15, 0.2) is 0 Å². The quantitative estimate of drug-likeness (QED) is 0.727. The number of benzene rings is 2. The average molecular weight is 274 g/mol. The number of rotatable bonds is 3. The van der Waals surface area contributed by atoms with Gasteiger partial charge in [0.25, 0.3) is 0 Å². The first-order valence-electron chi connectivity index (χ1n) is 6.67. The maximum atomic E-state index is 9.69. The molecule has 0 aliphatic carbocycles. The van der Waals surface area contributed by atoms with Gasteiger partial charge in [-0.15, -0.1) is 0 Å². The van der Waals surface area contributed by atoms with Crippen LogP contribution in [0.25, 0.3) is 11.3 Å². The summed E-state index contributed by atoms with van der Waals surface area (Å²) in [6.45, 7) is 0. The molecule has 0 radical (unpaired) electrons. The van der Waals surface area contributed by atoms with Gasteiger partial charge < -0.3 is 5.11 Å². The van der Waals surface area contributed by atoms with Crippen molar-refractivity contribution in [2.75, 3.05) is 0 Å². The van der Waals surface area contributed by atoms with E-state index in [1.54, 1.807) is 24.4 Å². The fourth-order valence-corrected chi connectivity index (χ4v) is 2.00. The molecule has 3 aromatic rings. The van der Waals surface area contributed by atoms with E-state index in [1.165, 1.54) is 0 Å². The summed E-state index contributed by atoms with van der Waals surface area (Å²) in [5.41, 5.74) is 3.25. The normalized spacial score (nSPS) is 10.9. The minimum Gasteiger partial charge on any atom is -0.506 e. The van der Waals surface area contributed by atoms with Crippen molar-refractivity contribution in [1.29, 1.82) is 0 Å². The first-order valence-corrected chi connectivity index (χ1v) is 6.67. The number of aromatic nitrogens is 1. The first-order chi connectivity index (χ1) is 10.3. The highest BCUT2D eigenvalue weighted by Gasteiger charge is 2.00. The second kappa shape index (κ2) is 6.01. The first kappa shape index (κ1) is 13.1. The molecule has 1 N–H and O–H groups in total. The standard InChI is InChI=1S/C18H14N2O/c21-18-12-5-4-10-17(18)19-13-15-9-6-11-16(20-15)14-7-2-1-3-8-14/h1-13,21H. The molecule has 0 saturated carbocycles. The second-order valence-corrected chi connectivity index (χ2v) is 4.56. The van der Waals surface area contributed by atoms with Gasteiger partial charge in [0, 0.05) is 5.56 Å². The summed E-state index contributed by atoms with van der Waals surface area (Å²) in [7, 11) is 0. The summed E-state index contributed by atoms with van der Waals surface area (Å²) in [5, 5.41) is 9.69. The molecule has 0 aliphatic heterocycles. The molecule has 3 nitrogen and oxygen atoms in total. The van der Waals surface area contributed by atoms with Gasteiger partial charge in [0.1, 0.15) is 11.4 Å². The highest BCUT2D eigenvalue weighted by molar-refractivity contribution is 5.81. The lowest BCUT2D eigenvalue weighted by Gasteiger charge is -2.01. The molecular formula is C18H14N2O. The minimum atomic E-state index is 0.160. The highest BCUT2D eigenvalue weighted by Crippen LogP contribution is 2.24. The summed E-state index contributed by atoms with van der Waals surface area (Å²) < 4.78 is 0. The molecular weight excluding hydrogens is 260 g/mol. The van der Waals surface area contributed by atoms with Crippen LogP contribution >= 0.6 is 0 Å². The van der Waals surface area contributed by atoms with E-state index in [9.17, 15) is 5.11 Å². The summed E-state index contributed by atoms with van der Waals surface area (Å²) in [4.78, 5) is 8.83. The van der Waals surface area contributed by atoms with Crippen LogP contribution in [0.1, 0.15) is 5.69 Å². The minimum absolute atomic E-state index is 0.160. The van der Waals surface area contributed by atoms with Crippen LogP contribution in [0, 0.1) is 0 Å². The molecule has 0 spiro atoms. The van der Waals surface area contributed by atoms with Gasteiger partial charge in [-0.3, -0.25) is 4.99 Å². The zero-order valence-corrected chi connectivity index (χ0v) is 11.3. The fourth-order valence-electron chi connectivity index (χ4n) is 2.00. The van der Waals surface area contributed by atoms with E-state index >= 15 is 0 Å². The van der Waals surface area contributed by atoms with Crippen molar-refractivity contribution in [1.82, 2.24) is 4.98 Å². The van der Waals surface area contributed by atoms with E-state index in [0.29, 0.717) is 5.69 Å². The van der Waals surface area contributed by atoms with Gasteiger partial charge in [0.05, 0.1) is 17.6 Å². The molecule has 0 fully saturated rings. The molecule has 3 heteroatoms. The molecule has 0 unspecified atom stereocenters. The largest absolute Gasteiger partial charge is 0.506 e. The van der Waals surface area contributed by atoms with Crippen LogP contribution in [0.4, 0.5) is 5.69 Å². The van der Waals surface area contributed by atoms with E-state index in [0.717, 1.165) is 17.0 Å². The molecule has 0 bridgehead atoms. The molecule has 0 atom stereocenters. The van der Waals surface area contributed by atoms with Crippen molar-refractivity contribution >= 4 is 11.9 Å². The highest BCUT2D eigenvalue weighted by atomic mass is 16.3. The Labute approximate surface area is 123 Å². The van der Waals surface area contributed by atoms with Crippen LogP contribution in [0.2, 0.25) is 0 Å². The fraction of sp³-hybridized carbons (Fsp3) is 0. The monoisotopic (exact) mass is 274 g/mol.